The molecule has 0 spiro atoms. The highest BCUT2D eigenvalue weighted by Gasteiger charge is 2.21. The molecule has 4 rings (SSSR count). The van der Waals surface area contributed by atoms with E-state index in [9.17, 15) is 5.26 Å². The van der Waals surface area contributed by atoms with E-state index in [-0.39, 0.29) is 0 Å². The van der Waals surface area contributed by atoms with Crippen LogP contribution in [0.3, 0.4) is 0 Å². The van der Waals surface area contributed by atoms with Crippen LogP contribution in [0.15, 0.2) is 36.5 Å². The largest absolute Gasteiger partial charge is 0.491 e. The van der Waals surface area contributed by atoms with E-state index in [4.69, 9.17) is 9.47 Å². The van der Waals surface area contributed by atoms with E-state index in [1.165, 1.54) is 0 Å². The lowest BCUT2D eigenvalue weighted by Crippen LogP contribution is -2.38. The van der Waals surface area contributed by atoms with Crippen LogP contribution in [0, 0.1) is 18.3 Å². The van der Waals surface area contributed by atoms with Crippen LogP contribution < -0.4 is 20.7 Å². The highest BCUT2D eigenvalue weighted by Crippen LogP contribution is 2.34. The molecule has 31 heavy (non-hydrogen) atoms. The second kappa shape index (κ2) is 9.69. The van der Waals surface area contributed by atoms with Crippen molar-refractivity contribution < 1.29 is 9.47 Å². The summed E-state index contributed by atoms with van der Waals surface area (Å²) >= 11 is 0. The fraction of sp³-hybridized carbons (Fsp3) is 0.391. The van der Waals surface area contributed by atoms with Crippen LogP contribution >= 0.6 is 0 Å². The number of methoxy groups -OCH3 is 1. The van der Waals surface area contributed by atoms with Crippen molar-refractivity contribution in [3.05, 3.63) is 47.7 Å². The van der Waals surface area contributed by atoms with Gasteiger partial charge in [-0.05, 0) is 56.6 Å². The molecule has 3 N–H and O–H groups in total. The van der Waals surface area contributed by atoms with Gasteiger partial charge in [0.25, 0.3) is 0 Å². The van der Waals surface area contributed by atoms with Gasteiger partial charge in [-0.1, -0.05) is 0 Å². The molecule has 8 heteroatoms. The molecule has 1 saturated heterocycles. The Morgan fingerprint density at radius 3 is 2.81 bits per heavy atom. The zero-order valence-electron chi connectivity index (χ0n) is 17.9. The Morgan fingerprint density at radius 1 is 1.26 bits per heavy atom. The molecule has 0 radical (unpaired) electrons. The minimum absolute atomic E-state index is 0.293. The third-order valence-corrected chi connectivity index (χ3v) is 5.52. The number of hydrogen-bond donors (Lipinski definition) is 3. The lowest BCUT2D eigenvalue weighted by atomic mass is 10.0. The molecule has 3 aromatic rings. The number of fused-ring (bicyclic) bond motifs is 1. The van der Waals surface area contributed by atoms with Crippen molar-refractivity contribution in [2.75, 3.05) is 44.0 Å². The summed E-state index contributed by atoms with van der Waals surface area (Å²) in [7, 11) is 1.65. The van der Waals surface area contributed by atoms with Crippen molar-refractivity contribution in [3.8, 4) is 11.8 Å². The average Bonchev–Trinajstić information content (AvgIpc) is 3.28. The predicted molar refractivity (Wildman–Crippen MR) is 121 cm³/mol. The Labute approximate surface area is 182 Å². The number of nitrogens with one attached hydrogen (secondary N) is 3. The molecule has 2 aromatic heterocycles. The van der Waals surface area contributed by atoms with Crippen LogP contribution in [0.2, 0.25) is 0 Å². The molecule has 1 atom stereocenters. The van der Waals surface area contributed by atoms with E-state index >= 15 is 0 Å². The zero-order valence-corrected chi connectivity index (χ0v) is 17.9. The van der Waals surface area contributed by atoms with E-state index < -0.39 is 0 Å². The molecule has 1 aliphatic rings. The maximum absolute atomic E-state index is 9.90. The molecule has 1 aliphatic heterocycles. The number of aromatic nitrogens is 2. The Hall–Kier alpha value is -3.28. The number of nitrogens with zero attached hydrogens (tertiary/aromatic N) is 3. The first-order chi connectivity index (χ1) is 15.2. The van der Waals surface area contributed by atoms with Gasteiger partial charge in [0.05, 0.1) is 24.0 Å². The van der Waals surface area contributed by atoms with Crippen LogP contribution in [0.25, 0.3) is 5.52 Å². The van der Waals surface area contributed by atoms with Gasteiger partial charge in [0.1, 0.15) is 29.8 Å². The molecule has 0 aliphatic carbocycles. The van der Waals surface area contributed by atoms with Gasteiger partial charge in [0.2, 0.25) is 0 Å². The number of nitriles is 1. The summed E-state index contributed by atoms with van der Waals surface area (Å²) < 4.78 is 12.5. The van der Waals surface area contributed by atoms with Gasteiger partial charge >= 0.3 is 0 Å². The van der Waals surface area contributed by atoms with Gasteiger partial charge in [0.15, 0.2) is 0 Å². The second-order valence-electron chi connectivity index (χ2n) is 7.64. The van der Waals surface area contributed by atoms with E-state index in [0.29, 0.717) is 24.8 Å². The standard InChI is InChI=1S/C23H28N6O2/c1-16-22(27-18-4-3-10-25-15-18)20(14-24)21-9-11-26-29(21)23(16)28-17-5-7-19(8-6-17)31-13-12-30-2/h5-9,11,18,25,27-28H,3-4,10,12-13,15H2,1-2H3/t18-/m1/s1. The predicted octanol–water partition coefficient (Wildman–Crippen LogP) is 3.45. The number of anilines is 3. The van der Waals surface area contributed by atoms with Gasteiger partial charge in [-0.15, -0.1) is 0 Å². The Bertz CT molecular complexity index is 1060. The summed E-state index contributed by atoms with van der Waals surface area (Å²) in [4.78, 5) is 0. The van der Waals surface area contributed by atoms with Crippen molar-refractivity contribution in [1.82, 2.24) is 14.9 Å². The first-order valence-electron chi connectivity index (χ1n) is 10.6. The quantitative estimate of drug-likeness (QED) is 0.480. The Kier molecular flexibility index (Phi) is 6.55. The van der Waals surface area contributed by atoms with E-state index in [1.54, 1.807) is 17.8 Å². The molecular formula is C23H28N6O2. The van der Waals surface area contributed by atoms with Crippen molar-refractivity contribution in [2.24, 2.45) is 0 Å². The monoisotopic (exact) mass is 420 g/mol. The summed E-state index contributed by atoms with van der Waals surface area (Å²) in [5.41, 5.74) is 4.13. The number of ether oxygens (including phenoxy) is 2. The highest BCUT2D eigenvalue weighted by molar-refractivity contribution is 5.82. The maximum Gasteiger partial charge on any atom is 0.137 e. The Morgan fingerprint density at radius 2 is 2.10 bits per heavy atom. The maximum atomic E-state index is 9.90. The van der Waals surface area contributed by atoms with Crippen molar-refractivity contribution >= 4 is 22.7 Å². The van der Waals surface area contributed by atoms with Crippen molar-refractivity contribution in [3.63, 3.8) is 0 Å². The van der Waals surface area contributed by atoms with Crippen LogP contribution in [-0.2, 0) is 4.74 Å². The lowest BCUT2D eigenvalue weighted by molar-refractivity contribution is 0.146. The molecule has 8 nitrogen and oxygen atoms in total. The van der Waals surface area contributed by atoms with Gasteiger partial charge in [-0.3, -0.25) is 0 Å². The molecule has 0 saturated carbocycles. The fourth-order valence-electron chi connectivity index (χ4n) is 3.90. The smallest absolute Gasteiger partial charge is 0.137 e. The minimum atomic E-state index is 0.293. The van der Waals surface area contributed by atoms with Gasteiger partial charge in [-0.25, -0.2) is 4.52 Å². The average molecular weight is 421 g/mol. The zero-order chi connectivity index (χ0) is 21.6. The molecule has 3 heterocycles. The Balaban J connectivity index is 1.65. The second-order valence-corrected chi connectivity index (χ2v) is 7.64. The summed E-state index contributed by atoms with van der Waals surface area (Å²) in [6.07, 6.45) is 3.92. The van der Waals surface area contributed by atoms with E-state index in [0.717, 1.165) is 60.0 Å². The van der Waals surface area contributed by atoms with Crippen LogP contribution in [0.5, 0.6) is 5.75 Å². The van der Waals surface area contributed by atoms with Crippen LogP contribution in [-0.4, -0.2) is 49.1 Å². The molecule has 0 unspecified atom stereocenters. The third kappa shape index (κ3) is 4.58. The van der Waals surface area contributed by atoms with Gasteiger partial charge in [-0.2, -0.15) is 10.4 Å². The summed E-state index contributed by atoms with van der Waals surface area (Å²) in [6, 6.07) is 12.3. The van der Waals surface area contributed by atoms with Gasteiger partial charge < -0.3 is 25.4 Å². The minimum Gasteiger partial charge on any atom is -0.491 e. The lowest BCUT2D eigenvalue weighted by Gasteiger charge is -2.27. The van der Waals surface area contributed by atoms with Crippen LogP contribution in [0.4, 0.5) is 17.2 Å². The number of benzene rings is 1. The summed E-state index contributed by atoms with van der Waals surface area (Å²) in [5.74, 6) is 1.62. The van der Waals surface area contributed by atoms with Crippen molar-refractivity contribution in [2.45, 2.75) is 25.8 Å². The van der Waals surface area contributed by atoms with E-state index in [2.05, 4.69) is 27.1 Å². The normalized spacial score (nSPS) is 16.1. The van der Waals surface area contributed by atoms with Gasteiger partial charge in [0, 0.05) is 30.9 Å². The summed E-state index contributed by atoms with van der Waals surface area (Å²) in [5, 5.41) is 24.9. The molecular weight excluding hydrogens is 392 g/mol. The number of hydrogen-bond acceptors (Lipinski definition) is 7. The van der Waals surface area contributed by atoms with E-state index in [1.807, 2.05) is 37.3 Å². The van der Waals surface area contributed by atoms with Crippen molar-refractivity contribution in [1.29, 1.82) is 5.26 Å². The molecule has 162 valence electrons. The molecule has 1 fully saturated rings. The molecule has 1 aromatic carbocycles. The molecule has 0 amide bonds. The number of piperidine rings is 1. The summed E-state index contributed by atoms with van der Waals surface area (Å²) in [6.45, 7) is 5.01. The number of rotatable bonds is 8. The first kappa shape index (κ1) is 21.0. The SMILES string of the molecule is COCCOc1ccc(Nc2c(C)c(N[C@@H]3CCCNC3)c(C#N)c3ccnn23)cc1. The topological polar surface area (TPSA) is 95.6 Å². The fourth-order valence-corrected chi connectivity index (χ4v) is 3.90. The number of pyridine rings is 1. The third-order valence-electron chi connectivity index (χ3n) is 5.52. The first-order valence-corrected chi connectivity index (χ1v) is 10.6. The molecule has 0 bridgehead atoms. The highest BCUT2D eigenvalue weighted by atomic mass is 16.5. The van der Waals surface area contributed by atoms with Crippen LogP contribution in [0.1, 0.15) is 24.0 Å².